The Kier molecular flexibility index (Phi) is 4.20. The molecule has 1 aliphatic rings. The molecule has 2 rings (SSSR count). The van der Waals surface area contributed by atoms with E-state index in [9.17, 15) is 9.59 Å². The van der Waals surface area contributed by atoms with Gasteiger partial charge in [-0.15, -0.1) is 0 Å². The van der Waals surface area contributed by atoms with Gasteiger partial charge < -0.3 is 14.4 Å². The predicted octanol–water partition coefficient (Wildman–Crippen LogP) is 1.81. The Labute approximate surface area is 123 Å². The Bertz CT molecular complexity index is 533. The minimum Gasteiger partial charge on any atom is -0.465 e. The molecule has 0 bridgehead atoms. The molecule has 7 nitrogen and oxygen atoms in total. The number of nitrogens with zero attached hydrogens (tertiary/aromatic N) is 2. The molecule has 1 aromatic heterocycles. The molecule has 0 unspecified atom stereocenters. The summed E-state index contributed by atoms with van der Waals surface area (Å²) in [5.41, 5.74) is 0.950. The minimum absolute atomic E-state index is 0.225. The van der Waals surface area contributed by atoms with Gasteiger partial charge in [0.25, 0.3) is 0 Å². The molecule has 7 heteroatoms. The number of nitrogens with one attached hydrogen (secondary N) is 1. The zero-order valence-corrected chi connectivity index (χ0v) is 12.8. The maximum absolute atomic E-state index is 12.2. The van der Waals surface area contributed by atoms with Gasteiger partial charge in [0.2, 0.25) is 0 Å². The topological polar surface area (TPSA) is 84.5 Å². The maximum Gasteiger partial charge on any atom is 0.410 e. The number of H-pyrrole nitrogens is 1. The van der Waals surface area contributed by atoms with Crippen LogP contribution in [-0.4, -0.2) is 45.9 Å². The van der Waals surface area contributed by atoms with Crippen molar-refractivity contribution in [2.45, 2.75) is 45.8 Å². The molecular formula is C14H21N3O4. The zero-order valence-electron chi connectivity index (χ0n) is 12.8. The van der Waals surface area contributed by atoms with Crippen LogP contribution in [0, 0.1) is 0 Å². The largest absolute Gasteiger partial charge is 0.465 e. The molecule has 1 atom stereocenters. The lowest BCUT2D eigenvalue weighted by Crippen LogP contribution is -2.43. The molecule has 0 radical (unpaired) electrons. The van der Waals surface area contributed by atoms with Crippen LogP contribution in [0.4, 0.5) is 4.79 Å². The van der Waals surface area contributed by atoms with E-state index in [0.29, 0.717) is 18.8 Å². The smallest absolute Gasteiger partial charge is 0.410 e. The van der Waals surface area contributed by atoms with Gasteiger partial charge in [-0.3, -0.25) is 9.89 Å². The fourth-order valence-electron chi connectivity index (χ4n) is 2.23. The van der Waals surface area contributed by atoms with Crippen molar-refractivity contribution in [3.63, 3.8) is 0 Å². The van der Waals surface area contributed by atoms with Crippen LogP contribution in [0.1, 0.15) is 44.9 Å². The number of hydrogen-bond donors (Lipinski definition) is 1. The third kappa shape index (κ3) is 3.53. The highest BCUT2D eigenvalue weighted by molar-refractivity contribution is 5.80. The van der Waals surface area contributed by atoms with Gasteiger partial charge >= 0.3 is 12.1 Å². The first kappa shape index (κ1) is 15.3. The Morgan fingerprint density at radius 2 is 2.19 bits per heavy atom. The van der Waals surface area contributed by atoms with Crippen molar-refractivity contribution in [1.29, 1.82) is 0 Å². The van der Waals surface area contributed by atoms with E-state index >= 15 is 0 Å². The SMILES string of the molecule is CCOC(=O)[C@@H]1CN(C(=O)OC(C)(C)C)Cc2cn[nH]c21. The molecule has 0 spiro atoms. The normalized spacial score (nSPS) is 18.1. The van der Waals surface area contributed by atoms with E-state index in [2.05, 4.69) is 10.2 Å². The molecule has 21 heavy (non-hydrogen) atoms. The third-order valence-electron chi connectivity index (χ3n) is 3.09. The second-order valence-corrected chi connectivity index (χ2v) is 5.97. The van der Waals surface area contributed by atoms with Crippen LogP contribution < -0.4 is 0 Å². The molecule has 1 N–H and O–H groups in total. The molecule has 1 aromatic rings. The molecule has 116 valence electrons. The van der Waals surface area contributed by atoms with Gasteiger partial charge in [-0.25, -0.2) is 4.79 Å². The fraction of sp³-hybridized carbons (Fsp3) is 0.643. The van der Waals surface area contributed by atoms with Crippen LogP contribution in [0.25, 0.3) is 0 Å². The van der Waals surface area contributed by atoms with Gasteiger partial charge in [0, 0.05) is 12.1 Å². The van der Waals surface area contributed by atoms with Crippen LogP contribution in [0.2, 0.25) is 0 Å². The molecule has 0 fully saturated rings. The van der Waals surface area contributed by atoms with E-state index in [1.165, 1.54) is 4.90 Å². The lowest BCUT2D eigenvalue weighted by atomic mass is 9.97. The number of aromatic nitrogens is 2. The number of ether oxygens (including phenoxy) is 2. The van der Waals surface area contributed by atoms with Crippen LogP contribution in [0.15, 0.2) is 6.20 Å². The molecular weight excluding hydrogens is 274 g/mol. The number of hydrogen-bond acceptors (Lipinski definition) is 5. The summed E-state index contributed by atoms with van der Waals surface area (Å²) in [6.07, 6.45) is 1.18. The van der Waals surface area contributed by atoms with Gasteiger partial charge in [-0.2, -0.15) is 5.10 Å². The highest BCUT2D eigenvalue weighted by Gasteiger charge is 2.36. The highest BCUT2D eigenvalue weighted by Crippen LogP contribution is 2.28. The summed E-state index contributed by atoms with van der Waals surface area (Å²) in [6.45, 7) is 8.06. The van der Waals surface area contributed by atoms with Crippen molar-refractivity contribution in [1.82, 2.24) is 15.1 Å². The number of esters is 1. The van der Waals surface area contributed by atoms with E-state index in [4.69, 9.17) is 9.47 Å². The average molecular weight is 295 g/mol. The Balaban J connectivity index is 2.18. The van der Waals surface area contributed by atoms with E-state index in [-0.39, 0.29) is 12.5 Å². The fourth-order valence-corrected chi connectivity index (χ4v) is 2.23. The number of rotatable bonds is 2. The number of aromatic amines is 1. The van der Waals surface area contributed by atoms with Crippen molar-refractivity contribution in [2.24, 2.45) is 0 Å². The summed E-state index contributed by atoms with van der Waals surface area (Å²) >= 11 is 0. The molecule has 0 saturated carbocycles. The van der Waals surface area contributed by atoms with Gasteiger partial charge in [0.15, 0.2) is 0 Å². The molecule has 0 aromatic carbocycles. The number of fused-ring (bicyclic) bond motifs is 1. The van der Waals surface area contributed by atoms with E-state index in [0.717, 1.165) is 5.56 Å². The first-order valence-electron chi connectivity index (χ1n) is 6.98. The summed E-state index contributed by atoms with van der Waals surface area (Å²) in [5, 5.41) is 6.78. The maximum atomic E-state index is 12.2. The second kappa shape index (κ2) is 5.75. The number of amides is 1. The number of carbonyl (C=O) groups is 2. The molecule has 0 saturated heterocycles. The summed E-state index contributed by atoms with van der Waals surface area (Å²) in [6, 6.07) is 0. The Morgan fingerprint density at radius 1 is 1.48 bits per heavy atom. The minimum atomic E-state index is -0.576. The van der Waals surface area contributed by atoms with Gasteiger partial charge in [0.1, 0.15) is 11.5 Å². The van der Waals surface area contributed by atoms with Crippen LogP contribution in [0.3, 0.4) is 0 Å². The first-order chi connectivity index (χ1) is 9.81. The standard InChI is InChI=1S/C14H21N3O4/c1-5-20-12(18)10-8-17(13(19)21-14(2,3)4)7-9-6-15-16-11(9)10/h6,10H,5,7-8H2,1-4H3,(H,15,16)/t10-/m1/s1. The molecule has 1 aliphatic heterocycles. The molecule has 1 amide bonds. The van der Waals surface area contributed by atoms with E-state index < -0.39 is 17.6 Å². The predicted molar refractivity (Wildman–Crippen MR) is 74.6 cm³/mol. The van der Waals surface area contributed by atoms with Gasteiger partial charge in [-0.1, -0.05) is 0 Å². The summed E-state index contributed by atoms with van der Waals surface area (Å²) in [5.74, 6) is -0.917. The lowest BCUT2D eigenvalue weighted by molar-refractivity contribution is -0.145. The molecule has 2 heterocycles. The number of carbonyl (C=O) groups excluding carboxylic acids is 2. The van der Waals surface area contributed by atoms with Crippen LogP contribution >= 0.6 is 0 Å². The monoisotopic (exact) mass is 295 g/mol. The van der Waals surface area contributed by atoms with Gasteiger partial charge in [-0.05, 0) is 27.7 Å². The highest BCUT2D eigenvalue weighted by atomic mass is 16.6. The third-order valence-corrected chi connectivity index (χ3v) is 3.09. The van der Waals surface area contributed by atoms with E-state index in [1.54, 1.807) is 33.9 Å². The molecule has 0 aliphatic carbocycles. The summed E-state index contributed by atoms with van der Waals surface area (Å²) in [4.78, 5) is 25.8. The quantitative estimate of drug-likeness (QED) is 0.841. The Hall–Kier alpha value is -2.05. The summed E-state index contributed by atoms with van der Waals surface area (Å²) in [7, 11) is 0. The van der Waals surface area contributed by atoms with E-state index in [1.807, 2.05) is 0 Å². The lowest BCUT2D eigenvalue weighted by Gasteiger charge is -2.32. The van der Waals surface area contributed by atoms with Crippen LogP contribution in [-0.2, 0) is 20.8 Å². The van der Waals surface area contributed by atoms with Crippen LogP contribution in [0.5, 0.6) is 0 Å². The van der Waals surface area contributed by atoms with Crippen molar-refractivity contribution in [3.05, 3.63) is 17.5 Å². The van der Waals surface area contributed by atoms with Crippen molar-refractivity contribution in [2.75, 3.05) is 13.2 Å². The summed E-state index contributed by atoms with van der Waals surface area (Å²) < 4.78 is 10.4. The first-order valence-corrected chi connectivity index (χ1v) is 6.98. The van der Waals surface area contributed by atoms with Crippen molar-refractivity contribution in [3.8, 4) is 0 Å². The van der Waals surface area contributed by atoms with Crippen molar-refractivity contribution < 1.29 is 19.1 Å². The second-order valence-electron chi connectivity index (χ2n) is 5.97. The van der Waals surface area contributed by atoms with Crippen molar-refractivity contribution >= 4 is 12.1 Å². The average Bonchev–Trinajstić information content (AvgIpc) is 2.83. The Morgan fingerprint density at radius 3 is 2.81 bits per heavy atom. The zero-order chi connectivity index (χ0) is 15.6. The van der Waals surface area contributed by atoms with Gasteiger partial charge in [0.05, 0.1) is 25.0 Å².